The maximum Gasteiger partial charge on any atom is 0.275 e. The summed E-state index contributed by atoms with van der Waals surface area (Å²) in [7, 11) is 6.02. The Hall–Kier alpha value is -3.75. The third kappa shape index (κ3) is 5.87. The lowest BCUT2D eigenvalue weighted by Gasteiger charge is -2.12. The minimum absolute atomic E-state index is 0.0186. The van der Waals surface area contributed by atoms with Crippen LogP contribution in [0.25, 0.3) is 0 Å². The molecule has 9 heteroatoms. The predicted octanol–water partition coefficient (Wildman–Crippen LogP) is 2.86. The van der Waals surface area contributed by atoms with Gasteiger partial charge in [-0.15, -0.1) is 0 Å². The lowest BCUT2D eigenvalue weighted by atomic mass is 10.2. The smallest absolute Gasteiger partial charge is 0.275 e. The first-order valence-corrected chi connectivity index (χ1v) is 8.99. The van der Waals surface area contributed by atoms with Gasteiger partial charge in [0.15, 0.2) is 0 Å². The van der Waals surface area contributed by atoms with E-state index in [0.29, 0.717) is 40.0 Å². The summed E-state index contributed by atoms with van der Waals surface area (Å²) < 4.78 is 20.7. The molecule has 2 N–H and O–H groups in total. The van der Waals surface area contributed by atoms with Gasteiger partial charge in [0.2, 0.25) is 5.91 Å². The second-order valence-corrected chi connectivity index (χ2v) is 6.15. The molecule has 0 saturated heterocycles. The van der Waals surface area contributed by atoms with Crippen molar-refractivity contribution in [3.8, 4) is 23.0 Å². The van der Waals surface area contributed by atoms with Gasteiger partial charge in [-0.1, -0.05) is 0 Å². The number of carbonyl (C=O) groups excluding carboxylic acids is 2. The van der Waals surface area contributed by atoms with Crippen LogP contribution in [0.15, 0.2) is 41.5 Å². The largest absolute Gasteiger partial charge is 0.497 e. The lowest BCUT2D eigenvalue weighted by molar-refractivity contribution is -0.115. The van der Waals surface area contributed by atoms with E-state index in [-0.39, 0.29) is 12.3 Å². The molecule has 0 aliphatic rings. The van der Waals surface area contributed by atoms with Crippen LogP contribution < -0.4 is 29.7 Å². The van der Waals surface area contributed by atoms with Crippen molar-refractivity contribution in [2.75, 3.05) is 33.8 Å². The Kier molecular flexibility index (Phi) is 8.04. The molecule has 0 spiro atoms. The summed E-state index contributed by atoms with van der Waals surface area (Å²) in [6, 6.07) is 9.87. The third-order valence-corrected chi connectivity index (χ3v) is 4.10. The third-order valence-electron chi connectivity index (χ3n) is 4.10. The zero-order chi connectivity index (χ0) is 22.1. The van der Waals surface area contributed by atoms with Crippen LogP contribution in [0, 0.1) is 0 Å². The number of hydrogen-bond acceptors (Lipinski definition) is 7. The Morgan fingerprint density at radius 3 is 2.07 bits per heavy atom. The maximum atomic E-state index is 12.4. The summed E-state index contributed by atoms with van der Waals surface area (Å²) in [6.07, 6.45) is -0.0186. The number of amides is 2. The Morgan fingerprint density at radius 1 is 0.867 bits per heavy atom. The zero-order valence-electron chi connectivity index (χ0n) is 17.6. The first-order chi connectivity index (χ1) is 14.4. The number of benzene rings is 2. The van der Waals surface area contributed by atoms with E-state index >= 15 is 0 Å². The lowest BCUT2D eigenvalue weighted by Crippen LogP contribution is -2.22. The minimum Gasteiger partial charge on any atom is -0.497 e. The number of rotatable bonds is 9. The van der Waals surface area contributed by atoms with E-state index in [1.54, 1.807) is 50.4 Å². The molecule has 0 heterocycles. The van der Waals surface area contributed by atoms with Gasteiger partial charge >= 0.3 is 0 Å². The molecule has 2 aromatic carbocycles. The monoisotopic (exact) mass is 415 g/mol. The normalized spacial score (nSPS) is 10.8. The number of carbonyl (C=O) groups is 2. The van der Waals surface area contributed by atoms with Crippen molar-refractivity contribution in [2.45, 2.75) is 13.3 Å². The number of hydrazone groups is 1. The summed E-state index contributed by atoms with van der Waals surface area (Å²) in [4.78, 5) is 24.7. The molecule has 0 fully saturated rings. The summed E-state index contributed by atoms with van der Waals surface area (Å²) in [5, 5.41) is 6.74. The van der Waals surface area contributed by atoms with Crippen molar-refractivity contribution < 1.29 is 28.5 Å². The van der Waals surface area contributed by atoms with Gasteiger partial charge < -0.3 is 24.3 Å². The van der Waals surface area contributed by atoms with Gasteiger partial charge in [0.1, 0.15) is 23.0 Å². The Balaban J connectivity index is 2.00. The van der Waals surface area contributed by atoms with Crippen molar-refractivity contribution in [2.24, 2.45) is 5.10 Å². The highest BCUT2D eigenvalue weighted by Crippen LogP contribution is 2.29. The highest BCUT2D eigenvalue weighted by atomic mass is 16.5. The van der Waals surface area contributed by atoms with Crippen molar-refractivity contribution in [3.05, 3.63) is 42.0 Å². The summed E-state index contributed by atoms with van der Waals surface area (Å²) >= 11 is 0. The van der Waals surface area contributed by atoms with Crippen LogP contribution >= 0.6 is 0 Å². The quantitative estimate of drug-likeness (QED) is 0.482. The van der Waals surface area contributed by atoms with Crippen LogP contribution in [0.4, 0.5) is 5.69 Å². The molecule has 0 atom stereocenters. The van der Waals surface area contributed by atoms with Crippen molar-refractivity contribution in [1.29, 1.82) is 0 Å². The van der Waals surface area contributed by atoms with Crippen LogP contribution in [0.1, 0.15) is 23.7 Å². The second kappa shape index (κ2) is 10.7. The standard InChI is InChI=1S/C21H25N3O6/c1-13(10-20(25)22-17-9-7-15(28-3)12-19(17)30-5)23-24-21(26)16-8-6-14(27-2)11-18(16)29-4/h6-9,11-12H,10H2,1-5H3,(H,22,25)(H,24,26)/b23-13+. The summed E-state index contributed by atoms with van der Waals surface area (Å²) in [5.74, 6) is 1.22. The fraction of sp³-hybridized carbons (Fsp3) is 0.286. The van der Waals surface area contributed by atoms with E-state index in [1.807, 2.05) is 0 Å². The Morgan fingerprint density at radius 2 is 1.47 bits per heavy atom. The first kappa shape index (κ1) is 22.5. The Bertz CT molecular complexity index is 942. The van der Waals surface area contributed by atoms with Gasteiger partial charge in [-0.25, -0.2) is 5.43 Å². The van der Waals surface area contributed by atoms with E-state index < -0.39 is 5.91 Å². The fourth-order valence-electron chi connectivity index (χ4n) is 2.56. The Labute approximate surface area is 175 Å². The number of hydrogen-bond donors (Lipinski definition) is 2. The van der Waals surface area contributed by atoms with Crippen molar-refractivity contribution in [3.63, 3.8) is 0 Å². The molecule has 0 aliphatic carbocycles. The average molecular weight is 415 g/mol. The molecule has 0 bridgehead atoms. The summed E-state index contributed by atoms with van der Waals surface area (Å²) in [6.45, 7) is 1.64. The van der Waals surface area contributed by atoms with Gasteiger partial charge in [0.25, 0.3) is 5.91 Å². The molecule has 2 amide bonds. The van der Waals surface area contributed by atoms with Crippen molar-refractivity contribution >= 4 is 23.2 Å². The number of anilines is 1. The molecule has 2 aromatic rings. The molecule has 0 aliphatic heterocycles. The van der Waals surface area contributed by atoms with Gasteiger partial charge in [-0.2, -0.15) is 5.10 Å². The van der Waals surface area contributed by atoms with Gasteiger partial charge in [0, 0.05) is 17.8 Å². The average Bonchev–Trinajstić information content (AvgIpc) is 2.77. The second-order valence-electron chi connectivity index (χ2n) is 6.15. The number of methoxy groups -OCH3 is 4. The number of nitrogens with zero attached hydrogens (tertiary/aromatic N) is 1. The maximum absolute atomic E-state index is 12.4. The highest BCUT2D eigenvalue weighted by Gasteiger charge is 2.14. The molecule has 0 radical (unpaired) electrons. The van der Waals surface area contributed by atoms with E-state index in [9.17, 15) is 9.59 Å². The van der Waals surface area contributed by atoms with Crippen LogP contribution in [0.2, 0.25) is 0 Å². The molecule has 30 heavy (non-hydrogen) atoms. The van der Waals surface area contributed by atoms with Gasteiger partial charge in [0.05, 0.1) is 46.1 Å². The molecule has 0 saturated carbocycles. The van der Waals surface area contributed by atoms with Gasteiger partial charge in [-0.05, 0) is 31.2 Å². The van der Waals surface area contributed by atoms with E-state index in [1.165, 1.54) is 21.3 Å². The van der Waals surface area contributed by atoms with Crippen LogP contribution in [-0.4, -0.2) is 46.0 Å². The molecule has 2 rings (SSSR count). The van der Waals surface area contributed by atoms with E-state index in [2.05, 4.69) is 15.8 Å². The van der Waals surface area contributed by atoms with E-state index in [4.69, 9.17) is 18.9 Å². The molecule has 0 aromatic heterocycles. The van der Waals surface area contributed by atoms with Crippen LogP contribution in [0.5, 0.6) is 23.0 Å². The van der Waals surface area contributed by atoms with E-state index in [0.717, 1.165) is 0 Å². The number of nitrogens with one attached hydrogen (secondary N) is 2. The first-order valence-electron chi connectivity index (χ1n) is 8.99. The summed E-state index contributed by atoms with van der Waals surface area (Å²) in [5.41, 5.74) is 3.64. The number of ether oxygens (including phenoxy) is 4. The highest BCUT2D eigenvalue weighted by molar-refractivity contribution is 6.06. The molecule has 9 nitrogen and oxygen atoms in total. The SMILES string of the molecule is COc1ccc(NC(=O)C/C(C)=N/NC(=O)c2ccc(OC)cc2OC)c(OC)c1. The predicted molar refractivity (Wildman–Crippen MR) is 113 cm³/mol. The molecule has 160 valence electrons. The fourth-order valence-corrected chi connectivity index (χ4v) is 2.56. The molecule has 0 unspecified atom stereocenters. The zero-order valence-corrected chi connectivity index (χ0v) is 17.6. The van der Waals surface area contributed by atoms with Crippen LogP contribution in [-0.2, 0) is 4.79 Å². The molecular weight excluding hydrogens is 390 g/mol. The van der Waals surface area contributed by atoms with Crippen molar-refractivity contribution in [1.82, 2.24) is 5.43 Å². The minimum atomic E-state index is -0.467. The van der Waals surface area contributed by atoms with Gasteiger partial charge in [-0.3, -0.25) is 9.59 Å². The van der Waals surface area contributed by atoms with Crippen LogP contribution in [0.3, 0.4) is 0 Å². The topological polar surface area (TPSA) is 107 Å². The molecular formula is C21H25N3O6.